The van der Waals surface area contributed by atoms with Crippen molar-refractivity contribution in [2.45, 2.75) is 44.1 Å². The minimum absolute atomic E-state index is 0.0626. The monoisotopic (exact) mass is 312 g/mol. The summed E-state index contributed by atoms with van der Waals surface area (Å²) in [4.78, 5) is 12.5. The molecule has 0 atom stereocenters. The molecule has 1 amide bonds. The zero-order chi connectivity index (χ0) is 15.5. The molecule has 0 saturated heterocycles. The van der Waals surface area contributed by atoms with Gasteiger partial charge in [0.2, 0.25) is 0 Å². The molecule has 0 unspecified atom stereocenters. The van der Waals surface area contributed by atoms with Gasteiger partial charge in [-0.15, -0.1) is 0 Å². The molecule has 1 aromatic rings. The van der Waals surface area contributed by atoms with Gasteiger partial charge in [0, 0.05) is 11.6 Å². The van der Waals surface area contributed by atoms with Crippen LogP contribution in [0.15, 0.2) is 18.2 Å². The van der Waals surface area contributed by atoms with E-state index in [1.54, 1.807) is 0 Å². The van der Waals surface area contributed by atoms with Crippen LogP contribution in [0.4, 0.5) is 8.78 Å². The minimum atomic E-state index is -0.787. The van der Waals surface area contributed by atoms with Crippen LogP contribution in [0.3, 0.4) is 0 Å². The summed E-state index contributed by atoms with van der Waals surface area (Å²) in [6.07, 6.45) is 5.27. The third-order valence-corrected chi connectivity index (χ3v) is 4.30. The van der Waals surface area contributed by atoms with Gasteiger partial charge in [0.25, 0.3) is 5.91 Å². The molecule has 1 aliphatic carbocycles. The molecule has 1 saturated carbocycles. The summed E-state index contributed by atoms with van der Waals surface area (Å²) in [7, 11) is 0. The summed E-state index contributed by atoms with van der Waals surface area (Å²) in [6, 6.07) is 2.73. The molecule has 21 heavy (non-hydrogen) atoms. The number of halogens is 2. The molecule has 0 aromatic heterocycles. The molecule has 6 heteroatoms. The Labute approximate surface area is 127 Å². The fraction of sp³-hybridized carbons (Fsp3) is 0.467. The lowest BCUT2D eigenvalue weighted by molar-refractivity contribution is 0.0916. The first-order valence-corrected chi connectivity index (χ1v) is 7.42. The Kier molecular flexibility index (Phi) is 4.88. The van der Waals surface area contributed by atoms with Crippen molar-refractivity contribution in [1.82, 2.24) is 5.32 Å². The summed E-state index contributed by atoms with van der Waals surface area (Å²) >= 11 is 5.12. The first kappa shape index (κ1) is 15.8. The lowest BCUT2D eigenvalue weighted by atomic mass is 9.89. The first-order valence-electron chi connectivity index (χ1n) is 7.01. The Morgan fingerprint density at radius 1 is 1.10 bits per heavy atom. The van der Waals surface area contributed by atoms with E-state index in [-0.39, 0.29) is 10.6 Å². The molecule has 3 N–H and O–H groups in total. The van der Waals surface area contributed by atoms with Crippen LogP contribution in [0, 0.1) is 11.6 Å². The second-order valence-corrected chi connectivity index (χ2v) is 5.91. The molecule has 3 nitrogen and oxygen atoms in total. The van der Waals surface area contributed by atoms with Crippen molar-refractivity contribution in [1.29, 1.82) is 0 Å². The quantitative estimate of drug-likeness (QED) is 0.666. The summed E-state index contributed by atoms with van der Waals surface area (Å²) < 4.78 is 26.4. The number of carbonyl (C=O) groups is 1. The largest absolute Gasteiger partial charge is 0.391 e. The minimum Gasteiger partial charge on any atom is -0.391 e. The van der Waals surface area contributed by atoms with E-state index in [1.807, 2.05) is 0 Å². The highest BCUT2D eigenvalue weighted by atomic mass is 32.1. The van der Waals surface area contributed by atoms with E-state index in [9.17, 15) is 13.6 Å². The van der Waals surface area contributed by atoms with Gasteiger partial charge in [-0.2, -0.15) is 0 Å². The molecule has 0 heterocycles. The van der Waals surface area contributed by atoms with Crippen molar-refractivity contribution >= 4 is 23.1 Å². The van der Waals surface area contributed by atoms with Gasteiger partial charge >= 0.3 is 0 Å². The Morgan fingerprint density at radius 3 is 2.10 bits per heavy atom. The molecule has 2 rings (SSSR count). The van der Waals surface area contributed by atoms with Crippen LogP contribution in [-0.4, -0.2) is 16.4 Å². The van der Waals surface area contributed by atoms with E-state index in [2.05, 4.69) is 5.32 Å². The van der Waals surface area contributed by atoms with Gasteiger partial charge in [-0.25, -0.2) is 8.78 Å². The van der Waals surface area contributed by atoms with Crippen molar-refractivity contribution in [3.05, 3.63) is 35.4 Å². The lowest BCUT2D eigenvalue weighted by Gasteiger charge is -2.33. The third-order valence-electron chi connectivity index (χ3n) is 3.91. The van der Waals surface area contributed by atoms with Crippen LogP contribution in [0.2, 0.25) is 0 Å². The Hall–Kier alpha value is -1.56. The number of hydrogen-bond donors (Lipinski definition) is 2. The van der Waals surface area contributed by atoms with Crippen molar-refractivity contribution < 1.29 is 13.6 Å². The molecule has 1 fully saturated rings. The second-order valence-electron chi connectivity index (χ2n) is 5.47. The van der Waals surface area contributed by atoms with Crippen molar-refractivity contribution in [2.24, 2.45) is 5.73 Å². The van der Waals surface area contributed by atoms with Gasteiger partial charge in [-0.3, -0.25) is 4.79 Å². The Morgan fingerprint density at radius 2 is 1.62 bits per heavy atom. The fourth-order valence-corrected chi connectivity index (χ4v) is 2.99. The standard InChI is InChI=1S/C15H18F2N2OS/c16-11-7-10(8-12(17)9-11)13(20)19-15(14(18)21)5-3-1-2-4-6-15/h7-9H,1-6H2,(H2,18,21)(H,19,20). The molecule has 0 bridgehead atoms. The number of hydrogen-bond acceptors (Lipinski definition) is 2. The van der Waals surface area contributed by atoms with E-state index in [0.717, 1.165) is 43.9 Å². The van der Waals surface area contributed by atoms with Crippen molar-refractivity contribution in [3.8, 4) is 0 Å². The van der Waals surface area contributed by atoms with Gasteiger partial charge in [-0.05, 0) is 25.0 Å². The Bertz CT molecular complexity index is 534. The van der Waals surface area contributed by atoms with Crippen LogP contribution in [0.25, 0.3) is 0 Å². The normalized spacial score (nSPS) is 17.8. The van der Waals surface area contributed by atoms with E-state index in [1.165, 1.54) is 0 Å². The maximum atomic E-state index is 13.2. The number of rotatable bonds is 3. The van der Waals surface area contributed by atoms with Gasteiger partial charge in [0.1, 0.15) is 11.6 Å². The average molecular weight is 312 g/mol. The average Bonchev–Trinajstić information content (AvgIpc) is 2.64. The smallest absolute Gasteiger partial charge is 0.252 e. The van der Waals surface area contributed by atoms with Crippen molar-refractivity contribution in [3.63, 3.8) is 0 Å². The van der Waals surface area contributed by atoms with Gasteiger partial charge in [0.15, 0.2) is 0 Å². The summed E-state index contributed by atoms with van der Waals surface area (Å²) in [6.45, 7) is 0. The van der Waals surface area contributed by atoms with Crippen LogP contribution >= 0.6 is 12.2 Å². The van der Waals surface area contributed by atoms with E-state index in [4.69, 9.17) is 18.0 Å². The van der Waals surface area contributed by atoms with Crippen LogP contribution in [0.5, 0.6) is 0 Å². The zero-order valence-corrected chi connectivity index (χ0v) is 12.4. The van der Waals surface area contributed by atoms with Crippen LogP contribution in [0.1, 0.15) is 48.9 Å². The van der Waals surface area contributed by atoms with E-state index >= 15 is 0 Å². The number of carbonyl (C=O) groups excluding carboxylic acids is 1. The highest BCUT2D eigenvalue weighted by Gasteiger charge is 2.35. The fourth-order valence-electron chi connectivity index (χ4n) is 2.74. The van der Waals surface area contributed by atoms with E-state index < -0.39 is 23.1 Å². The second kappa shape index (κ2) is 6.47. The predicted molar refractivity (Wildman–Crippen MR) is 81.0 cm³/mol. The number of nitrogens with one attached hydrogen (secondary N) is 1. The van der Waals surface area contributed by atoms with Crippen LogP contribution in [-0.2, 0) is 0 Å². The number of thiocarbonyl (C=S) groups is 1. The number of nitrogens with two attached hydrogens (primary N) is 1. The number of benzene rings is 1. The molecule has 0 aliphatic heterocycles. The molecule has 0 spiro atoms. The third kappa shape index (κ3) is 3.75. The SMILES string of the molecule is NC(=S)C1(NC(=O)c2cc(F)cc(F)c2)CCCCCC1. The summed E-state index contributed by atoms with van der Waals surface area (Å²) in [5, 5.41) is 2.80. The molecule has 1 aromatic carbocycles. The maximum absolute atomic E-state index is 13.2. The molecule has 114 valence electrons. The lowest BCUT2D eigenvalue weighted by Crippen LogP contribution is -2.56. The maximum Gasteiger partial charge on any atom is 0.252 e. The molecule has 1 aliphatic rings. The van der Waals surface area contributed by atoms with Crippen molar-refractivity contribution in [2.75, 3.05) is 0 Å². The first-order chi connectivity index (χ1) is 9.93. The topological polar surface area (TPSA) is 55.1 Å². The van der Waals surface area contributed by atoms with Crippen LogP contribution < -0.4 is 11.1 Å². The Balaban J connectivity index is 2.23. The highest BCUT2D eigenvalue weighted by Crippen LogP contribution is 2.28. The summed E-state index contributed by atoms with van der Waals surface area (Å²) in [5.74, 6) is -2.13. The highest BCUT2D eigenvalue weighted by molar-refractivity contribution is 7.80. The molecular weight excluding hydrogens is 294 g/mol. The van der Waals surface area contributed by atoms with Gasteiger partial charge in [0.05, 0.1) is 10.5 Å². The summed E-state index contributed by atoms with van der Waals surface area (Å²) in [5.41, 5.74) is 5.01. The molecular formula is C15H18F2N2OS. The zero-order valence-electron chi connectivity index (χ0n) is 11.6. The van der Waals surface area contributed by atoms with Gasteiger partial charge in [-0.1, -0.05) is 37.9 Å². The molecule has 0 radical (unpaired) electrons. The van der Waals surface area contributed by atoms with E-state index in [0.29, 0.717) is 12.8 Å². The van der Waals surface area contributed by atoms with Gasteiger partial charge < -0.3 is 11.1 Å². The number of amides is 1. The predicted octanol–water partition coefficient (Wildman–Crippen LogP) is 3.07.